The molecule has 106 valence electrons. The van der Waals surface area contributed by atoms with E-state index in [9.17, 15) is 5.11 Å². The molecule has 0 saturated heterocycles. The molecule has 2 aromatic carbocycles. The van der Waals surface area contributed by atoms with Gasteiger partial charge in [0.25, 0.3) is 0 Å². The van der Waals surface area contributed by atoms with Crippen LogP contribution >= 0.6 is 31.9 Å². The molecular weight excluding hydrogens is 382 g/mol. The van der Waals surface area contributed by atoms with E-state index in [1.165, 1.54) is 0 Å². The Kier molecular flexibility index (Phi) is 5.38. The molecule has 3 N–H and O–H groups in total. The van der Waals surface area contributed by atoms with Gasteiger partial charge in [0.15, 0.2) is 0 Å². The maximum Gasteiger partial charge on any atom is 0.0871 e. The number of aliphatic hydroxyl groups is 1. The van der Waals surface area contributed by atoms with Gasteiger partial charge in [-0.1, -0.05) is 56.1 Å². The Morgan fingerprint density at radius 2 is 1.85 bits per heavy atom. The summed E-state index contributed by atoms with van der Waals surface area (Å²) in [6.07, 6.45) is -0.630. The summed E-state index contributed by atoms with van der Waals surface area (Å²) in [7, 11) is 0. The number of halogens is 2. The second kappa shape index (κ2) is 6.85. The first-order valence-corrected chi connectivity index (χ1v) is 8.01. The summed E-state index contributed by atoms with van der Waals surface area (Å²) in [5, 5.41) is 10.7. The molecule has 0 aliphatic carbocycles. The fourth-order valence-corrected chi connectivity index (χ4v) is 3.57. The molecule has 0 saturated carbocycles. The predicted molar refractivity (Wildman–Crippen MR) is 89.8 cm³/mol. The molecule has 2 atom stereocenters. The molecule has 0 radical (unpaired) electrons. The third-order valence-corrected chi connectivity index (χ3v) is 4.53. The zero-order valence-electron chi connectivity index (χ0n) is 11.2. The maximum atomic E-state index is 10.7. The maximum absolute atomic E-state index is 10.7. The molecule has 2 aromatic rings. The molecule has 4 heteroatoms. The van der Waals surface area contributed by atoms with E-state index in [1.807, 2.05) is 49.4 Å². The van der Waals surface area contributed by atoms with Crippen molar-refractivity contribution >= 4 is 31.9 Å². The normalized spacial score (nSPS) is 14.1. The van der Waals surface area contributed by atoms with Gasteiger partial charge in [-0.05, 0) is 41.8 Å². The topological polar surface area (TPSA) is 46.2 Å². The summed E-state index contributed by atoms with van der Waals surface area (Å²) in [5.41, 5.74) is 8.91. The molecule has 0 fully saturated rings. The number of hydrogen-bond acceptors (Lipinski definition) is 2. The standard InChI is InChI=1S/C16H17Br2NO/c1-10-6-11(8-12(17)7-10)16(20)14(9-19)13-4-2-3-5-15(13)18/h2-8,14,16,20H,9,19H2,1H3. The van der Waals surface area contributed by atoms with Crippen LogP contribution in [0.4, 0.5) is 0 Å². The number of aliphatic hydroxyl groups excluding tert-OH is 1. The molecule has 0 aliphatic heterocycles. The van der Waals surface area contributed by atoms with Gasteiger partial charge in [0.1, 0.15) is 0 Å². The van der Waals surface area contributed by atoms with Crippen LogP contribution in [0.2, 0.25) is 0 Å². The molecule has 2 rings (SSSR count). The van der Waals surface area contributed by atoms with Crippen LogP contribution < -0.4 is 5.73 Å². The van der Waals surface area contributed by atoms with Crippen molar-refractivity contribution in [1.29, 1.82) is 0 Å². The smallest absolute Gasteiger partial charge is 0.0871 e. The molecule has 0 aromatic heterocycles. The minimum Gasteiger partial charge on any atom is -0.388 e. The minimum absolute atomic E-state index is 0.140. The van der Waals surface area contributed by atoms with Crippen molar-refractivity contribution in [2.75, 3.05) is 6.54 Å². The van der Waals surface area contributed by atoms with Crippen LogP contribution in [-0.4, -0.2) is 11.7 Å². The fourth-order valence-electron chi connectivity index (χ4n) is 2.37. The van der Waals surface area contributed by atoms with E-state index in [4.69, 9.17) is 5.73 Å². The lowest BCUT2D eigenvalue weighted by Gasteiger charge is -2.24. The predicted octanol–water partition coefficient (Wildman–Crippen LogP) is 4.30. The third-order valence-electron chi connectivity index (χ3n) is 3.35. The highest BCUT2D eigenvalue weighted by molar-refractivity contribution is 9.10. The van der Waals surface area contributed by atoms with Crippen LogP contribution in [0.25, 0.3) is 0 Å². The lowest BCUT2D eigenvalue weighted by molar-refractivity contribution is 0.147. The summed E-state index contributed by atoms with van der Waals surface area (Å²) < 4.78 is 1.94. The summed E-state index contributed by atoms with van der Waals surface area (Å²) >= 11 is 7.00. The number of aryl methyl sites for hydroxylation is 1. The fraction of sp³-hybridized carbons (Fsp3) is 0.250. The van der Waals surface area contributed by atoms with Crippen molar-refractivity contribution in [3.63, 3.8) is 0 Å². The van der Waals surface area contributed by atoms with Gasteiger partial charge in [-0.3, -0.25) is 0 Å². The summed E-state index contributed by atoms with van der Waals surface area (Å²) in [6, 6.07) is 13.8. The molecule has 20 heavy (non-hydrogen) atoms. The Labute approximate surface area is 136 Å². The van der Waals surface area contributed by atoms with E-state index in [-0.39, 0.29) is 5.92 Å². The van der Waals surface area contributed by atoms with Crippen molar-refractivity contribution in [2.24, 2.45) is 5.73 Å². The van der Waals surface area contributed by atoms with Crippen LogP contribution in [0.15, 0.2) is 51.4 Å². The SMILES string of the molecule is Cc1cc(Br)cc(C(O)C(CN)c2ccccc2Br)c1. The van der Waals surface area contributed by atoms with Gasteiger partial charge in [0.2, 0.25) is 0 Å². The van der Waals surface area contributed by atoms with E-state index < -0.39 is 6.10 Å². The Bertz CT molecular complexity index is 581. The number of hydrogen-bond donors (Lipinski definition) is 2. The highest BCUT2D eigenvalue weighted by Crippen LogP contribution is 2.35. The van der Waals surface area contributed by atoms with E-state index in [0.717, 1.165) is 25.6 Å². The average Bonchev–Trinajstić information content (AvgIpc) is 2.40. The van der Waals surface area contributed by atoms with Crippen molar-refractivity contribution in [1.82, 2.24) is 0 Å². The van der Waals surface area contributed by atoms with E-state index >= 15 is 0 Å². The quantitative estimate of drug-likeness (QED) is 0.806. The average molecular weight is 399 g/mol. The molecule has 2 nitrogen and oxygen atoms in total. The Morgan fingerprint density at radius 3 is 2.45 bits per heavy atom. The first kappa shape index (κ1) is 15.7. The van der Waals surface area contributed by atoms with E-state index in [1.54, 1.807) is 0 Å². The second-order valence-electron chi connectivity index (χ2n) is 4.87. The van der Waals surface area contributed by atoms with Crippen LogP contribution in [-0.2, 0) is 0 Å². The van der Waals surface area contributed by atoms with Gasteiger partial charge in [0, 0.05) is 21.4 Å². The van der Waals surface area contributed by atoms with Gasteiger partial charge in [-0.25, -0.2) is 0 Å². The molecule has 0 heterocycles. The van der Waals surface area contributed by atoms with Gasteiger partial charge >= 0.3 is 0 Å². The number of benzene rings is 2. The van der Waals surface area contributed by atoms with Crippen LogP contribution in [0.3, 0.4) is 0 Å². The van der Waals surface area contributed by atoms with Gasteiger partial charge in [-0.2, -0.15) is 0 Å². The number of nitrogens with two attached hydrogens (primary N) is 1. The summed E-state index contributed by atoms with van der Waals surface area (Å²) in [6.45, 7) is 2.40. The van der Waals surface area contributed by atoms with Crippen molar-refractivity contribution in [3.05, 3.63) is 68.1 Å². The minimum atomic E-state index is -0.630. The lowest BCUT2D eigenvalue weighted by Crippen LogP contribution is -2.20. The van der Waals surface area contributed by atoms with Gasteiger partial charge in [0.05, 0.1) is 6.10 Å². The third kappa shape index (κ3) is 3.50. The zero-order valence-corrected chi connectivity index (χ0v) is 14.4. The van der Waals surface area contributed by atoms with E-state index in [2.05, 4.69) is 31.9 Å². The summed E-state index contributed by atoms with van der Waals surface area (Å²) in [4.78, 5) is 0. The Morgan fingerprint density at radius 1 is 1.15 bits per heavy atom. The first-order valence-electron chi connectivity index (χ1n) is 6.42. The molecule has 0 spiro atoms. The molecule has 0 aliphatic rings. The van der Waals surface area contributed by atoms with Gasteiger partial charge < -0.3 is 10.8 Å². The Hall–Kier alpha value is -0.680. The van der Waals surface area contributed by atoms with Crippen LogP contribution in [0.1, 0.15) is 28.7 Å². The zero-order chi connectivity index (χ0) is 14.7. The van der Waals surface area contributed by atoms with E-state index in [0.29, 0.717) is 6.54 Å². The molecular formula is C16H17Br2NO. The lowest BCUT2D eigenvalue weighted by atomic mass is 9.89. The first-order chi connectivity index (χ1) is 9.52. The second-order valence-corrected chi connectivity index (χ2v) is 6.64. The highest BCUT2D eigenvalue weighted by atomic mass is 79.9. The largest absolute Gasteiger partial charge is 0.388 e. The van der Waals surface area contributed by atoms with Crippen molar-refractivity contribution in [2.45, 2.75) is 18.9 Å². The molecule has 2 unspecified atom stereocenters. The van der Waals surface area contributed by atoms with Crippen LogP contribution in [0, 0.1) is 6.92 Å². The van der Waals surface area contributed by atoms with Gasteiger partial charge in [-0.15, -0.1) is 0 Å². The van der Waals surface area contributed by atoms with Crippen LogP contribution in [0.5, 0.6) is 0 Å². The monoisotopic (exact) mass is 397 g/mol. The number of rotatable bonds is 4. The Balaban J connectivity index is 2.39. The van der Waals surface area contributed by atoms with Crippen molar-refractivity contribution in [3.8, 4) is 0 Å². The molecule has 0 bridgehead atoms. The molecule has 0 amide bonds. The van der Waals surface area contributed by atoms with Crippen molar-refractivity contribution < 1.29 is 5.11 Å². The highest BCUT2D eigenvalue weighted by Gasteiger charge is 2.23. The summed E-state index contributed by atoms with van der Waals surface area (Å²) in [5.74, 6) is -0.140.